The largest absolute Gasteiger partial charge is 0.328 e. The molecule has 3 aromatic heterocycles. The minimum Gasteiger partial charge on any atom is -0.328 e. The highest BCUT2D eigenvalue weighted by Gasteiger charge is 2.19. The molecule has 0 fully saturated rings. The van der Waals surface area contributed by atoms with E-state index in [1.54, 1.807) is 31.1 Å². The number of benzene rings is 2. The molecule has 5 rings (SSSR count). The summed E-state index contributed by atoms with van der Waals surface area (Å²) >= 11 is 1.59. The summed E-state index contributed by atoms with van der Waals surface area (Å²) in [5.74, 6) is 2.35. The Balaban J connectivity index is 1.55. The molecule has 34 heavy (non-hydrogen) atoms. The van der Waals surface area contributed by atoms with Crippen molar-refractivity contribution in [3.63, 3.8) is 0 Å². The molecule has 0 saturated heterocycles. The van der Waals surface area contributed by atoms with Crippen molar-refractivity contribution in [2.24, 2.45) is 0 Å². The number of hydrogen-bond donors (Lipinski definition) is 0. The van der Waals surface area contributed by atoms with Gasteiger partial charge in [0.2, 0.25) is 0 Å². The number of para-hydroxylation sites is 1. The van der Waals surface area contributed by atoms with Gasteiger partial charge in [-0.05, 0) is 62.7 Å². The number of nitrogens with zero attached hydrogens (tertiary/aromatic N) is 6. The third-order valence-corrected chi connectivity index (χ3v) is 6.71. The van der Waals surface area contributed by atoms with Crippen molar-refractivity contribution in [1.82, 2.24) is 29.3 Å². The predicted octanol–water partition coefficient (Wildman–Crippen LogP) is 5.50. The number of carbonyl (C=O) groups is 1. The second-order valence-corrected chi connectivity index (χ2v) is 8.93. The molecule has 0 amide bonds. The maximum absolute atomic E-state index is 11.8. The molecule has 3 heterocycles. The summed E-state index contributed by atoms with van der Waals surface area (Å²) in [5, 5.41) is 9.84. The number of fused-ring (bicyclic) bond motifs is 1. The van der Waals surface area contributed by atoms with Crippen molar-refractivity contribution < 1.29 is 4.79 Å². The molecule has 0 radical (unpaired) electrons. The summed E-state index contributed by atoms with van der Waals surface area (Å²) in [5.41, 5.74) is 5.60. The Morgan fingerprint density at radius 3 is 2.65 bits per heavy atom. The van der Waals surface area contributed by atoms with E-state index in [9.17, 15) is 4.79 Å². The van der Waals surface area contributed by atoms with Crippen LogP contribution in [0.2, 0.25) is 0 Å². The average Bonchev–Trinajstić information content (AvgIpc) is 3.43. The van der Waals surface area contributed by atoms with Crippen LogP contribution in [0.1, 0.15) is 35.6 Å². The van der Waals surface area contributed by atoms with E-state index in [2.05, 4.69) is 50.3 Å². The summed E-state index contributed by atoms with van der Waals surface area (Å²) in [6.45, 7) is 6.55. The number of aromatic nitrogens is 6. The van der Waals surface area contributed by atoms with Gasteiger partial charge in [0.05, 0.1) is 22.5 Å². The molecular weight excluding hydrogens is 444 g/mol. The number of Topliss-reactive ketones (excluding diaryl/α,β-unsaturated/α-hetero) is 1. The zero-order chi connectivity index (χ0) is 23.7. The molecule has 0 unspecified atom stereocenters. The van der Waals surface area contributed by atoms with Crippen LogP contribution in [0.3, 0.4) is 0 Å². The zero-order valence-corrected chi connectivity index (χ0v) is 20.1. The highest BCUT2D eigenvalue weighted by molar-refractivity contribution is 7.98. The first-order valence-electron chi connectivity index (χ1n) is 11.1. The third-order valence-electron chi connectivity index (χ3n) is 5.79. The Labute approximate surface area is 201 Å². The fourth-order valence-electron chi connectivity index (χ4n) is 4.07. The number of carbonyl (C=O) groups excluding carboxylic acids is 1. The molecule has 0 atom stereocenters. The molecule has 0 saturated carbocycles. The van der Waals surface area contributed by atoms with Gasteiger partial charge in [0, 0.05) is 30.1 Å². The predicted molar refractivity (Wildman–Crippen MR) is 134 cm³/mol. The molecule has 5 aromatic rings. The van der Waals surface area contributed by atoms with E-state index in [1.807, 2.05) is 42.5 Å². The van der Waals surface area contributed by atoms with Crippen molar-refractivity contribution in [1.29, 1.82) is 0 Å². The lowest BCUT2D eigenvalue weighted by Gasteiger charge is -2.13. The number of hydrogen-bond acceptors (Lipinski definition) is 6. The first kappa shape index (κ1) is 22.0. The highest BCUT2D eigenvalue weighted by Crippen LogP contribution is 2.31. The highest BCUT2D eigenvalue weighted by atomic mass is 32.2. The van der Waals surface area contributed by atoms with Crippen molar-refractivity contribution >= 4 is 28.6 Å². The quantitative estimate of drug-likeness (QED) is 0.232. The Kier molecular flexibility index (Phi) is 5.98. The van der Waals surface area contributed by atoms with Crippen LogP contribution in [0.25, 0.3) is 28.1 Å². The Hall–Kier alpha value is -3.78. The maximum Gasteiger partial charge on any atom is 0.196 e. The Morgan fingerprint density at radius 1 is 1.06 bits per heavy atom. The molecule has 0 aliphatic heterocycles. The zero-order valence-electron chi connectivity index (χ0n) is 19.3. The second kappa shape index (κ2) is 9.23. The van der Waals surface area contributed by atoms with Gasteiger partial charge in [-0.2, -0.15) is 0 Å². The molecule has 7 nitrogen and oxygen atoms in total. The minimum absolute atomic E-state index is 0.0399. The molecule has 0 N–H and O–H groups in total. The summed E-state index contributed by atoms with van der Waals surface area (Å²) in [7, 11) is 0. The van der Waals surface area contributed by atoms with E-state index in [4.69, 9.17) is 4.98 Å². The number of imidazole rings is 1. The van der Waals surface area contributed by atoms with Crippen molar-refractivity contribution in [3.8, 4) is 17.1 Å². The molecule has 0 spiro atoms. The minimum atomic E-state index is 0.0399. The lowest BCUT2D eigenvalue weighted by Crippen LogP contribution is -2.04. The van der Waals surface area contributed by atoms with Gasteiger partial charge >= 0.3 is 0 Å². The van der Waals surface area contributed by atoms with Gasteiger partial charge in [0.25, 0.3) is 0 Å². The topological polar surface area (TPSA) is 78.5 Å². The fraction of sp³-hybridized carbons (Fsp3) is 0.192. The second-order valence-electron chi connectivity index (χ2n) is 7.99. The molecule has 0 bridgehead atoms. The smallest absolute Gasteiger partial charge is 0.196 e. The number of thioether (sulfide) groups is 1. The van der Waals surface area contributed by atoms with Gasteiger partial charge in [0.1, 0.15) is 5.82 Å². The Morgan fingerprint density at radius 2 is 1.91 bits per heavy atom. The lowest BCUT2D eigenvalue weighted by molar-refractivity contribution is 0.101. The van der Waals surface area contributed by atoms with Crippen LogP contribution < -0.4 is 0 Å². The van der Waals surface area contributed by atoms with E-state index in [-0.39, 0.29) is 5.78 Å². The number of ketones is 1. The summed E-state index contributed by atoms with van der Waals surface area (Å²) < 4.78 is 4.27. The monoisotopic (exact) mass is 468 g/mol. The summed E-state index contributed by atoms with van der Waals surface area (Å²) in [6.07, 6.45) is 3.55. The molecular formula is C26H24N6OS. The number of pyridine rings is 1. The van der Waals surface area contributed by atoms with Crippen LogP contribution >= 0.6 is 11.8 Å². The Bertz CT molecular complexity index is 1490. The third kappa shape index (κ3) is 4.01. The first-order chi connectivity index (χ1) is 16.6. The van der Waals surface area contributed by atoms with Gasteiger partial charge in [0.15, 0.2) is 16.8 Å². The van der Waals surface area contributed by atoms with E-state index in [0.29, 0.717) is 11.3 Å². The van der Waals surface area contributed by atoms with Crippen LogP contribution in [-0.2, 0) is 12.3 Å². The molecule has 2 aromatic carbocycles. The normalized spacial score (nSPS) is 11.3. The van der Waals surface area contributed by atoms with E-state index >= 15 is 0 Å². The first-order valence-corrected chi connectivity index (χ1v) is 12.1. The lowest BCUT2D eigenvalue weighted by atomic mass is 10.1. The van der Waals surface area contributed by atoms with Gasteiger partial charge < -0.3 is 4.57 Å². The molecule has 170 valence electrons. The van der Waals surface area contributed by atoms with Crippen molar-refractivity contribution in [2.45, 2.75) is 38.2 Å². The molecule has 0 aliphatic rings. The van der Waals surface area contributed by atoms with E-state index in [0.717, 1.165) is 51.2 Å². The summed E-state index contributed by atoms with van der Waals surface area (Å²) in [6, 6.07) is 17.8. The number of aryl methyl sites for hydroxylation is 2. The van der Waals surface area contributed by atoms with E-state index < -0.39 is 0 Å². The van der Waals surface area contributed by atoms with Crippen LogP contribution in [0, 0.1) is 6.92 Å². The molecule has 0 aliphatic carbocycles. The van der Waals surface area contributed by atoms with Crippen LogP contribution in [0.5, 0.6) is 0 Å². The number of rotatable bonds is 7. The van der Waals surface area contributed by atoms with Gasteiger partial charge in [-0.25, -0.2) is 4.98 Å². The van der Waals surface area contributed by atoms with Gasteiger partial charge in [-0.1, -0.05) is 30.0 Å². The maximum atomic E-state index is 11.8. The van der Waals surface area contributed by atoms with E-state index in [1.165, 1.54) is 0 Å². The van der Waals surface area contributed by atoms with Crippen LogP contribution in [-0.4, -0.2) is 35.1 Å². The fourth-order valence-corrected chi connectivity index (χ4v) is 4.96. The molecule has 8 heteroatoms. The summed E-state index contributed by atoms with van der Waals surface area (Å²) in [4.78, 5) is 20.9. The average molecular weight is 469 g/mol. The van der Waals surface area contributed by atoms with Crippen LogP contribution in [0.15, 0.2) is 72.1 Å². The van der Waals surface area contributed by atoms with Gasteiger partial charge in [-0.15, -0.1) is 10.2 Å². The van der Waals surface area contributed by atoms with Crippen molar-refractivity contribution in [3.05, 3.63) is 83.9 Å². The van der Waals surface area contributed by atoms with Crippen molar-refractivity contribution in [2.75, 3.05) is 0 Å². The van der Waals surface area contributed by atoms with Gasteiger partial charge in [-0.3, -0.25) is 14.3 Å². The SMILES string of the molecule is CCn1c(CSc2nnc(-c3cccnc3)n2-c2ccccc2C)nc2cc(C(C)=O)ccc21. The van der Waals surface area contributed by atoms with Crippen LogP contribution in [0.4, 0.5) is 0 Å². The standard InChI is InChI=1S/C26H24N6OS/c1-4-31-23-12-11-19(18(3)33)14-21(23)28-24(31)16-34-26-30-29-25(20-9-7-13-27-15-20)32(26)22-10-6-5-8-17(22)2/h5-15H,4,16H2,1-3H3.